The van der Waals surface area contributed by atoms with Crippen molar-refractivity contribution in [3.05, 3.63) is 74.1 Å². The van der Waals surface area contributed by atoms with Crippen molar-refractivity contribution >= 4 is 28.6 Å². The highest BCUT2D eigenvalue weighted by Crippen LogP contribution is 2.30. The van der Waals surface area contributed by atoms with Crippen molar-refractivity contribution in [2.24, 2.45) is 0 Å². The Morgan fingerprint density at radius 3 is 2.68 bits per heavy atom. The Labute approximate surface area is 154 Å². The third kappa shape index (κ3) is 4.92. The Kier molecular flexibility index (Phi) is 5.86. The van der Waals surface area contributed by atoms with Crippen LogP contribution in [0, 0.1) is 6.92 Å². The van der Waals surface area contributed by atoms with Gasteiger partial charge in [0.05, 0.1) is 6.54 Å². The van der Waals surface area contributed by atoms with Crippen LogP contribution in [-0.2, 0) is 11.3 Å². The fourth-order valence-corrected chi connectivity index (χ4v) is 4.00. The molecule has 0 bridgehead atoms. The molecule has 0 aliphatic heterocycles. The lowest BCUT2D eigenvalue weighted by molar-refractivity contribution is -0.123. The average molecular weight is 373 g/mol. The van der Waals surface area contributed by atoms with Gasteiger partial charge in [-0.15, -0.1) is 22.7 Å². The third-order valence-corrected chi connectivity index (χ3v) is 5.68. The van der Waals surface area contributed by atoms with Crippen molar-refractivity contribution in [1.29, 1.82) is 0 Å². The summed E-state index contributed by atoms with van der Waals surface area (Å²) in [6, 6.07) is 15.3. The largest absolute Gasteiger partial charge is 0.484 e. The van der Waals surface area contributed by atoms with Crippen LogP contribution in [0.15, 0.2) is 53.9 Å². The molecule has 0 aliphatic rings. The Bertz CT molecular complexity index is 810. The van der Waals surface area contributed by atoms with E-state index in [4.69, 9.17) is 4.74 Å². The number of carbonyl (C=O) groups is 1. The lowest BCUT2D eigenvalue weighted by atomic mass is 10.2. The molecule has 2 aromatic heterocycles. The summed E-state index contributed by atoms with van der Waals surface area (Å²) in [6.45, 7) is 2.41. The Hall–Kier alpha value is -2.15. The number of amides is 1. The summed E-state index contributed by atoms with van der Waals surface area (Å²) < 4.78 is 5.46. The van der Waals surface area contributed by atoms with Gasteiger partial charge in [0.25, 0.3) is 5.91 Å². The normalized spacial score (nSPS) is 11.9. The van der Waals surface area contributed by atoms with Crippen LogP contribution < -0.4 is 10.1 Å². The third-order valence-electron chi connectivity index (χ3n) is 3.62. The van der Waals surface area contributed by atoms with Gasteiger partial charge in [-0.2, -0.15) is 0 Å². The standard InChI is InChI=1S/C19H19NO3S2/c1-13-4-6-14(7-5-13)23-12-18(21)20-11-15-8-9-17(25-15)19(22)16-3-2-10-24-16/h2-10,19,22H,11-12H2,1H3,(H,20,21). The van der Waals surface area contributed by atoms with E-state index in [1.54, 1.807) is 0 Å². The van der Waals surface area contributed by atoms with E-state index >= 15 is 0 Å². The van der Waals surface area contributed by atoms with Gasteiger partial charge in [0.15, 0.2) is 6.61 Å². The Morgan fingerprint density at radius 2 is 1.96 bits per heavy atom. The number of hydrogen-bond acceptors (Lipinski definition) is 5. The number of benzene rings is 1. The molecular weight excluding hydrogens is 354 g/mol. The highest BCUT2D eigenvalue weighted by atomic mass is 32.1. The lowest BCUT2D eigenvalue weighted by Gasteiger charge is -2.07. The van der Waals surface area contributed by atoms with Crippen LogP contribution in [0.4, 0.5) is 0 Å². The second-order valence-electron chi connectivity index (χ2n) is 5.60. The fourth-order valence-electron chi connectivity index (χ4n) is 2.24. The van der Waals surface area contributed by atoms with Crippen LogP contribution in [0.5, 0.6) is 5.75 Å². The quantitative estimate of drug-likeness (QED) is 0.660. The second kappa shape index (κ2) is 8.29. The van der Waals surface area contributed by atoms with Crippen LogP contribution >= 0.6 is 22.7 Å². The zero-order valence-corrected chi connectivity index (χ0v) is 15.4. The number of aryl methyl sites for hydroxylation is 1. The first kappa shape index (κ1) is 17.7. The summed E-state index contributed by atoms with van der Waals surface area (Å²) in [5.74, 6) is 0.507. The zero-order valence-electron chi connectivity index (χ0n) is 13.8. The molecule has 3 rings (SSSR count). The van der Waals surface area contributed by atoms with E-state index in [-0.39, 0.29) is 12.5 Å². The number of aliphatic hydroxyl groups is 1. The predicted molar refractivity (Wildman–Crippen MR) is 101 cm³/mol. The molecule has 1 atom stereocenters. The Balaban J connectivity index is 1.47. The van der Waals surface area contributed by atoms with Crippen molar-refractivity contribution in [3.8, 4) is 5.75 Å². The molecule has 4 nitrogen and oxygen atoms in total. The smallest absolute Gasteiger partial charge is 0.258 e. The van der Waals surface area contributed by atoms with Crippen molar-refractivity contribution < 1.29 is 14.6 Å². The van der Waals surface area contributed by atoms with E-state index in [1.807, 2.05) is 60.8 Å². The predicted octanol–water partition coefficient (Wildman–Crippen LogP) is 3.89. The molecule has 0 fully saturated rings. The van der Waals surface area contributed by atoms with Gasteiger partial charge in [-0.1, -0.05) is 23.8 Å². The molecule has 6 heteroatoms. The minimum atomic E-state index is -0.598. The van der Waals surface area contributed by atoms with Gasteiger partial charge in [-0.25, -0.2) is 0 Å². The SMILES string of the molecule is Cc1ccc(OCC(=O)NCc2ccc(C(O)c3cccs3)s2)cc1. The molecule has 3 aromatic rings. The number of hydrogen-bond donors (Lipinski definition) is 2. The minimum absolute atomic E-state index is 0.0148. The lowest BCUT2D eigenvalue weighted by Crippen LogP contribution is -2.28. The summed E-state index contributed by atoms with van der Waals surface area (Å²) in [5.41, 5.74) is 1.15. The summed E-state index contributed by atoms with van der Waals surface area (Å²) in [4.78, 5) is 14.7. The molecule has 0 spiro atoms. The number of carbonyl (C=O) groups excluding carboxylic acids is 1. The molecule has 0 aliphatic carbocycles. The molecule has 0 saturated carbocycles. The summed E-state index contributed by atoms with van der Waals surface area (Å²) >= 11 is 3.03. The van der Waals surface area contributed by atoms with Crippen molar-refractivity contribution in [3.63, 3.8) is 0 Å². The van der Waals surface area contributed by atoms with E-state index in [0.29, 0.717) is 12.3 Å². The van der Waals surface area contributed by atoms with E-state index < -0.39 is 6.10 Å². The van der Waals surface area contributed by atoms with E-state index in [1.165, 1.54) is 22.7 Å². The van der Waals surface area contributed by atoms with Gasteiger partial charge >= 0.3 is 0 Å². The monoisotopic (exact) mass is 373 g/mol. The van der Waals surface area contributed by atoms with Gasteiger partial charge in [0.2, 0.25) is 0 Å². The zero-order chi connectivity index (χ0) is 17.6. The van der Waals surface area contributed by atoms with E-state index in [2.05, 4.69) is 5.32 Å². The highest BCUT2D eigenvalue weighted by Gasteiger charge is 2.14. The van der Waals surface area contributed by atoms with Gasteiger partial charge in [0, 0.05) is 14.6 Å². The summed E-state index contributed by atoms with van der Waals surface area (Å²) in [6.07, 6.45) is -0.598. The fraction of sp³-hybridized carbons (Fsp3) is 0.211. The first-order valence-electron chi connectivity index (χ1n) is 7.88. The van der Waals surface area contributed by atoms with Crippen LogP contribution in [0.1, 0.15) is 26.3 Å². The number of ether oxygens (including phenoxy) is 1. The molecule has 0 saturated heterocycles. The molecular formula is C19H19NO3S2. The van der Waals surface area contributed by atoms with Gasteiger partial charge in [-0.05, 0) is 42.6 Å². The Morgan fingerprint density at radius 1 is 1.16 bits per heavy atom. The molecule has 1 unspecified atom stereocenters. The second-order valence-corrected chi connectivity index (χ2v) is 7.78. The molecule has 25 heavy (non-hydrogen) atoms. The van der Waals surface area contributed by atoms with Crippen molar-refractivity contribution in [2.45, 2.75) is 19.6 Å². The molecule has 1 aromatic carbocycles. The molecule has 2 N–H and O–H groups in total. The maximum absolute atomic E-state index is 11.9. The van der Waals surface area contributed by atoms with Crippen molar-refractivity contribution in [1.82, 2.24) is 5.32 Å². The van der Waals surface area contributed by atoms with Crippen LogP contribution in [0.2, 0.25) is 0 Å². The first-order valence-corrected chi connectivity index (χ1v) is 9.57. The van der Waals surface area contributed by atoms with Crippen LogP contribution in [0.3, 0.4) is 0 Å². The van der Waals surface area contributed by atoms with E-state index in [9.17, 15) is 9.90 Å². The highest BCUT2D eigenvalue weighted by molar-refractivity contribution is 7.12. The minimum Gasteiger partial charge on any atom is -0.484 e. The summed E-state index contributed by atoms with van der Waals surface area (Å²) in [7, 11) is 0. The van der Waals surface area contributed by atoms with Crippen LogP contribution in [-0.4, -0.2) is 17.6 Å². The maximum atomic E-state index is 11.9. The number of aliphatic hydroxyl groups excluding tert-OH is 1. The first-order chi connectivity index (χ1) is 12.1. The van der Waals surface area contributed by atoms with Crippen molar-refractivity contribution in [2.75, 3.05) is 6.61 Å². The maximum Gasteiger partial charge on any atom is 0.258 e. The summed E-state index contributed by atoms with van der Waals surface area (Å²) in [5, 5.41) is 15.1. The molecule has 2 heterocycles. The number of rotatable bonds is 7. The van der Waals surface area contributed by atoms with Crippen LogP contribution in [0.25, 0.3) is 0 Å². The molecule has 0 radical (unpaired) electrons. The molecule has 1 amide bonds. The molecule has 130 valence electrons. The van der Waals surface area contributed by atoms with Gasteiger partial charge in [0.1, 0.15) is 11.9 Å². The van der Waals surface area contributed by atoms with Gasteiger partial charge in [-0.3, -0.25) is 4.79 Å². The topological polar surface area (TPSA) is 58.6 Å². The number of nitrogens with one attached hydrogen (secondary N) is 1. The average Bonchev–Trinajstić information content (AvgIpc) is 3.30. The van der Waals surface area contributed by atoms with Gasteiger partial charge < -0.3 is 15.2 Å². The number of thiophene rings is 2. The van der Waals surface area contributed by atoms with E-state index in [0.717, 1.165) is 20.2 Å².